The predicted octanol–water partition coefficient (Wildman–Crippen LogP) is 2.98. The predicted molar refractivity (Wildman–Crippen MR) is 65.9 cm³/mol. The van der Waals surface area contributed by atoms with Crippen LogP contribution in [0.3, 0.4) is 0 Å². The van der Waals surface area contributed by atoms with Crippen molar-refractivity contribution in [3.8, 4) is 0 Å². The number of halogens is 1. The number of aromatic nitrogens is 1. The summed E-state index contributed by atoms with van der Waals surface area (Å²) in [4.78, 5) is 15.6. The van der Waals surface area contributed by atoms with E-state index in [1.807, 2.05) is 17.5 Å². The number of thiazole rings is 1. The maximum atomic E-state index is 11.6. The summed E-state index contributed by atoms with van der Waals surface area (Å²) in [6.07, 6.45) is 1.96. The van der Waals surface area contributed by atoms with E-state index < -0.39 is 0 Å². The van der Waals surface area contributed by atoms with Crippen molar-refractivity contribution in [3.05, 3.63) is 46.4 Å². The van der Waals surface area contributed by atoms with Gasteiger partial charge in [0.2, 0.25) is 5.91 Å². The Morgan fingerprint density at radius 3 is 3.06 bits per heavy atom. The molecule has 3 nitrogen and oxygen atoms in total. The van der Waals surface area contributed by atoms with Crippen molar-refractivity contribution < 1.29 is 4.79 Å². The van der Waals surface area contributed by atoms with E-state index >= 15 is 0 Å². The van der Waals surface area contributed by atoms with Crippen LogP contribution in [0.25, 0.3) is 0 Å². The first-order chi connectivity index (χ1) is 7.74. The number of nitrogens with zero attached hydrogens (tertiary/aromatic N) is 1. The number of carbonyl (C=O) groups excluding carboxylic acids is 1. The molecule has 0 saturated carbocycles. The normalized spacial score (nSPS) is 10.1. The Kier molecular flexibility index (Phi) is 3.54. The molecule has 2 aromatic rings. The largest absolute Gasteiger partial charge is 0.302 e. The summed E-state index contributed by atoms with van der Waals surface area (Å²) in [5, 5.41) is 5.79. The van der Waals surface area contributed by atoms with Crippen LogP contribution in [0.15, 0.2) is 35.8 Å². The molecule has 16 heavy (non-hydrogen) atoms. The molecule has 0 unspecified atom stereocenters. The fraction of sp³-hybridized carbons (Fsp3) is 0.0909. The van der Waals surface area contributed by atoms with Crippen LogP contribution in [0.2, 0.25) is 5.02 Å². The Bertz CT molecular complexity index is 484. The number of hydrogen-bond donors (Lipinski definition) is 1. The molecule has 2 rings (SSSR count). The van der Waals surface area contributed by atoms with Gasteiger partial charge in [0.05, 0.1) is 6.42 Å². The summed E-state index contributed by atoms with van der Waals surface area (Å²) in [6.45, 7) is 0. The minimum absolute atomic E-state index is 0.0859. The number of hydrogen-bond acceptors (Lipinski definition) is 3. The zero-order valence-electron chi connectivity index (χ0n) is 8.31. The van der Waals surface area contributed by atoms with Crippen molar-refractivity contribution in [3.63, 3.8) is 0 Å². The summed E-state index contributed by atoms with van der Waals surface area (Å²) in [6, 6.07) is 7.26. The highest BCUT2D eigenvalue weighted by Gasteiger charge is 2.05. The number of nitrogens with one attached hydrogen (secondary N) is 1. The van der Waals surface area contributed by atoms with Crippen molar-refractivity contribution in [1.82, 2.24) is 4.98 Å². The van der Waals surface area contributed by atoms with Gasteiger partial charge >= 0.3 is 0 Å². The molecule has 1 N–H and O–H groups in total. The van der Waals surface area contributed by atoms with Gasteiger partial charge in [-0.25, -0.2) is 4.98 Å². The van der Waals surface area contributed by atoms with Gasteiger partial charge in [-0.15, -0.1) is 11.3 Å². The molecule has 1 aromatic heterocycles. The van der Waals surface area contributed by atoms with Crippen LogP contribution in [-0.2, 0) is 11.2 Å². The Labute approximate surface area is 102 Å². The number of rotatable bonds is 3. The molecule has 0 aliphatic heterocycles. The Morgan fingerprint density at radius 1 is 1.50 bits per heavy atom. The highest BCUT2D eigenvalue weighted by Crippen LogP contribution is 2.13. The summed E-state index contributed by atoms with van der Waals surface area (Å²) in [5.41, 5.74) is 0.890. The standard InChI is InChI=1S/C11H9ClN2OS/c12-9-3-1-2-8(6-9)7-10(15)14-11-13-4-5-16-11/h1-6H,7H2,(H,13,14,15). The lowest BCUT2D eigenvalue weighted by Crippen LogP contribution is -2.14. The minimum Gasteiger partial charge on any atom is -0.302 e. The van der Waals surface area contributed by atoms with Crippen LogP contribution in [0.5, 0.6) is 0 Å². The molecule has 0 saturated heterocycles. The van der Waals surface area contributed by atoms with Crippen molar-refractivity contribution in [2.75, 3.05) is 5.32 Å². The number of carbonyl (C=O) groups is 1. The van der Waals surface area contributed by atoms with Gasteiger partial charge in [0.25, 0.3) is 0 Å². The number of anilines is 1. The lowest BCUT2D eigenvalue weighted by atomic mass is 10.1. The number of benzene rings is 1. The third-order valence-electron chi connectivity index (χ3n) is 1.93. The van der Waals surface area contributed by atoms with Crippen LogP contribution in [0.1, 0.15) is 5.56 Å². The Balaban J connectivity index is 1.97. The highest BCUT2D eigenvalue weighted by molar-refractivity contribution is 7.13. The zero-order valence-corrected chi connectivity index (χ0v) is 9.89. The minimum atomic E-state index is -0.0859. The van der Waals surface area contributed by atoms with Crippen LogP contribution in [0, 0.1) is 0 Å². The van der Waals surface area contributed by atoms with Gasteiger partial charge in [-0.2, -0.15) is 0 Å². The van der Waals surface area contributed by atoms with Gasteiger partial charge in [0.15, 0.2) is 5.13 Å². The number of amides is 1. The van der Waals surface area contributed by atoms with Crippen molar-refractivity contribution in [1.29, 1.82) is 0 Å². The van der Waals surface area contributed by atoms with Crippen molar-refractivity contribution in [2.24, 2.45) is 0 Å². The first kappa shape index (κ1) is 11.1. The van der Waals surface area contributed by atoms with Gasteiger partial charge in [0, 0.05) is 16.6 Å². The first-order valence-corrected chi connectivity index (χ1v) is 5.93. The maximum absolute atomic E-state index is 11.6. The van der Waals surface area contributed by atoms with E-state index in [0.29, 0.717) is 16.6 Å². The molecule has 1 amide bonds. The SMILES string of the molecule is O=C(Cc1cccc(Cl)c1)Nc1nccs1. The molecule has 5 heteroatoms. The molecule has 0 radical (unpaired) electrons. The monoisotopic (exact) mass is 252 g/mol. The van der Waals surface area contributed by atoms with Gasteiger partial charge in [-0.1, -0.05) is 23.7 Å². The smallest absolute Gasteiger partial charge is 0.230 e. The third-order valence-corrected chi connectivity index (χ3v) is 2.86. The van der Waals surface area contributed by atoms with Gasteiger partial charge < -0.3 is 5.32 Å². The van der Waals surface area contributed by atoms with Gasteiger partial charge in [-0.3, -0.25) is 4.79 Å². The van der Waals surface area contributed by atoms with E-state index in [9.17, 15) is 4.79 Å². The Morgan fingerprint density at radius 2 is 2.38 bits per heavy atom. The summed E-state index contributed by atoms with van der Waals surface area (Å²) < 4.78 is 0. The molecule has 0 fully saturated rings. The van der Waals surface area contributed by atoms with Gasteiger partial charge in [0.1, 0.15) is 0 Å². The zero-order chi connectivity index (χ0) is 11.4. The fourth-order valence-corrected chi connectivity index (χ4v) is 2.04. The molecule has 0 bridgehead atoms. The molecule has 1 heterocycles. The second kappa shape index (κ2) is 5.09. The summed E-state index contributed by atoms with van der Waals surface area (Å²) in [7, 11) is 0. The van der Waals surface area contributed by atoms with Crippen molar-refractivity contribution >= 4 is 34.0 Å². The maximum Gasteiger partial charge on any atom is 0.230 e. The second-order valence-corrected chi connectivity index (χ2v) is 4.52. The van der Waals surface area contributed by atoms with Crippen LogP contribution >= 0.6 is 22.9 Å². The van der Waals surface area contributed by atoms with E-state index in [1.165, 1.54) is 11.3 Å². The van der Waals surface area contributed by atoms with Crippen molar-refractivity contribution in [2.45, 2.75) is 6.42 Å². The highest BCUT2D eigenvalue weighted by atomic mass is 35.5. The molecule has 0 aliphatic carbocycles. The second-order valence-electron chi connectivity index (χ2n) is 3.19. The van der Waals surface area contributed by atoms with Gasteiger partial charge in [-0.05, 0) is 17.7 Å². The van der Waals surface area contributed by atoms with Crippen LogP contribution in [0.4, 0.5) is 5.13 Å². The average molecular weight is 253 g/mol. The molecular weight excluding hydrogens is 244 g/mol. The molecule has 1 aromatic carbocycles. The molecular formula is C11H9ClN2OS. The lowest BCUT2D eigenvalue weighted by molar-refractivity contribution is -0.115. The molecule has 0 aliphatic rings. The van der Waals surface area contributed by atoms with E-state index in [-0.39, 0.29) is 5.91 Å². The first-order valence-electron chi connectivity index (χ1n) is 4.68. The summed E-state index contributed by atoms with van der Waals surface area (Å²) in [5.74, 6) is -0.0859. The molecule has 0 spiro atoms. The lowest BCUT2D eigenvalue weighted by Gasteiger charge is -2.02. The topological polar surface area (TPSA) is 42.0 Å². The van der Waals surface area contributed by atoms with E-state index in [1.54, 1.807) is 18.3 Å². The van der Waals surface area contributed by atoms with Crippen LogP contribution < -0.4 is 5.32 Å². The fourth-order valence-electron chi connectivity index (χ4n) is 1.28. The molecule has 0 atom stereocenters. The van der Waals surface area contributed by atoms with E-state index in [4.69, 9.17) is 11.6 Å². The summed E-state index contributed by atoms with van der Waals surface area (Å²) >= 11 is 7.22. The molecule has 82 valence electrons. The third kappa shape index (κ3) is 3.05. The van der Waals surface area contributed by atoms with E-state index in [2.05, 4.69) is 10.3 Å². The quantitative estimate of drug-likeness (QED) is 0.913. The van der Waals surface area contributed by atoms with E-state index in [0.717, 1.165) is 5.56 Å². The van der Waals surface area contributed by atoms with Crippen LogP contribution in [-0.4, -0.2) is 10.9 Å². The Hall–Kier alpha value is -1.39. The average Bonchev–Trinajstić information content (AvgIpc) is 2.70.